The number of nitrogens with one attached hydrogen (secondary N) is 1. The second-order valence-corrected chi connectivity index (χ2v) is 4.51. The number of thiazole rings is 1. The molecule has 7 heteroatoms. The molecule has 0 bridgehead atoms. The van der Waals surface area contributed by atoms with Crippen molar-refractivity contribution in [2.24, 2.45) is 5.73 Å². The average Bonchev–Trinajstić information content (AvgIpc) is 2.86. The number of hydrogen-bond acceptors (Lipinski definition) is 6. The number of rotatable bonds is 5. The van der Waals surface area contributed by atoms with Gasteiger partial charge in [-0.3, -0.25) is 4.79 Å². The quantitative estimate of drug-likeness (QED) is 0.812. The fourth-order valence-electron chi connectivity index (χ4n) is 1.34. The molecule has 0 atom stereocenters. The van der Waals surface area contributed by atoms with Crippen molar-refractivity contribution in [1.82, 2.24) is 20.5 Å². The van der Waals surface area contributed by atoms with Gasteiger partial charge in [-0.15, -0.1) is 11.3 Å². The number of hydrogen-bond donors (Lipinski definition) is 2. The molecule has 0 fully saturated rings. The highest BCUT2D eigenvalue weighted by atomic mass is 32.1. The Labute approximate surface area is 108 Å². The molecule has 0 spiro atoms. The predicted molar refractivity (Wildman–Crippen MR) is 68.1 cm³/mol. The predicted octanol–water partition coefficient (Wildman–Crippen LogP) is 0.364. The summed E-state index contributed by atoms with van der Waals surface area (Å²) >= 11 is 1.44. The van der Waals surface area contributed by atoms with E-state index in [2.05, 4.69) is 20.5 Å². The van der Waals surface area contributed by atoms with Gasteiger partial charge in [0.2, 0.25) is 0 Å². The summed E-state index contributed by atoms with van der Waals surface area (Å²) in [6.45, 7) is 0.880. The summed E-state index contributed by atoms with van der Waals surface area (Å²) in [6.07, 6.45) is 2.28. The van der Waals surface area contributed by atoms with E-state index in [4.69, 9.17) is 5.73 Å². The molecule has 2 aromatic rings. The van der Waals surface area contributed by atoms with Crippen LogP contribution in [-0.4, -0.2) is 27.6 Å². The molecule has 6 nitrogen and oxygen atoms in total. The summed E-state index contributed by atoms with van der Waals surface area (Å²) in [7, 11) is 0. The summed E-state index contributed by atoms with van der Waals surface area (Å²) in [5.41, 5.74) is 6.57. The maximum Gasteiger partial charge on any atom is 0.271 e. The van der Waals surface area contributed by atoms with Crippen LogP contribution in [0.5, 0.6) is 0 Å². The molecule has 2 rings (SSSR count). The molecule has 0 aliphatic carbocycles. The van der Waals surface area contributed by atoms with Crippen LogP contribution in [-0.2, 0) is 13.0 Å². The molecule has 2 aromatic heterocycles. The van der Waals surface area contributed by atoms with Crippen molar-refractivity contribution in [3.8, 4) is 0 Å². The van der Waals surface area contributed by atoms with E-state index in [1.165, 1.54) is 11.3 Å². The van der Waals surface area contributed by atoms with E-state index in [0.717, 1.165) is 5.01 Å². The molecule has 0 aliphatic heterocycles. The first-order valence-corrected chi connectivity index (χ1v) is 6.37. The lowest BCUT2D eigenvalue weighted by Crippen LogP contribution is -2.23. The minimum atomic E-state index is -0.208. The largest absolute Gasteiger partial charge is 0.345 e. The normalized spacial score (nSPS) is 10.3. The SMILES string of the molecule is NCCc1nc(C(=O)NCc2cccnn2)cs1. The van der Waals surface area contributed by atoms with Crippen LogP contribution >= 0.6 is 11.3 Å². The summed E-state index contributed by atoms with van der Waals surface area (Å²) in [5, 5.41) is 13.0. The molecule has 0 aliphatic rings. The van der Waals surface area contributed by atoms with E-state index in [1.54, 1.807) is 23.7 Å². The van der Waals surface area contributed by atoms with Crippen LogP contribution < -0.4 is 11.1 Å². The lowest BCUT2D eigenvalue weighted by atomic mass is 10.3. The lowest BCUT2D eigenvalue weighted by molar-refractivity contribution is 0.0946. The molecule has 0 saturated carbocycles. The van der Waals surface area contributed by atoms with Crippen LogP contribution in [0.4, 0.5) is 0 Å². The highest BCUT2D eigenvalue weighted by Crippen LogP contribution is 2.09. The van der Waals surface area contributed by atoms with Gasteiger partial charge in [-0.1, -0.05) is 0 Å². The highest BCUT2D eigenvalue weighted by Gasteiger charge is 2.10. The molecule has 3 N–H and O–H groups in total. The third-order valence-corrected chi connectivity index (χ3v) is 3.11. The third-order valence-electron chi connectivity index (χ3n) is 2.20. The average molecular weight is 263 g/mol. The van der Waals surface area contributed by atoms with Gasteiger partial charge in [0.05, 0.1) is 17.2 Å². The maximum atomic E-state index is 11.8. The Morgan fingerprint density at radius 3 is 3.11 bits per heavy atom. The van der Waals surface area contributed by atoms with Gasteiger partial charge in [0.1, 0.15) is 5.69 Å². The number of carbonyl (C=O) groups excluding carboxylic acids is 1. The molecule has 2 heterocycles. The second-order valence-electron chi connectivity index (χ2n) is 3.56. The summed E-state index contributed by atoms with van der Waals surface area (Å²) in [5.74, 6) is -0.208. The van der Waals surface area contributed by atoms with E-state index in [-0.39, 0.29) is 5.91 Å². The van der Waals surface area contributed by atoms with Crippen molar-refractivity contribution in [3.05, 3.63) is 40.1 Å². The number of nitrogens with zero attached hydrogens (tertiary/aromatic N) is 3. The van der Waals surface area contributed by atoms with E-state index in [1.807, 2.05) is 0 Å². The molecule has 1 amide bonds. The first-order chi connectivity index (χ1) is 8.79. The Kier molecular flexibility index (Phi) is 4.32. The van der Waals surface area contributed by atoms with Crippen LogP contribution in [0.25, 0.3) is 0 Å². The van der Waals surface area contributed by atoms with Crippen LogP contribution in [0, 0.1) is 0 Å². The van der Waals surface area contributed by atoms with E-state index in [0.29, 0.717) is 30.9 Å². The summed E-state index contributed by atoms with van der Waals surface area (Å²) < 4.78 is 0. The van der Waals surface area contributed by atoms with Gasteiger partial charge < -0.3 is 11.1 Å². The Bertz CT molecular complexity index is 513. The minimum Gasteiger partial charge on any atom is -0.345 e. The molecule has 0 unspecified atom stereocenters. The standard InChI is InChI=1S/C11H13N5OS/c12-4-3-10-15-9(7-18-10)11(17)13-6-8-2-1-5-14-16-8/h1-2,5,7H,3-4,6,12H2,(H,13,17). The fraction of sp³-hybridized carbons (Fsp3) is 0.273. The van der Waals surface area contributed by atoms with Gasteiger partial charge in [0.15, 0.2) is 0 Å². The van der Waals surface area contributed by atoms with E-state index < -0.39 is 0 Å². The van der Waals surface area contributed by atoms with E-state index in [9.17, 15) is 4.79 Å². The molecule has 18 heavy (non-hydrogen) atoms. The molecular formula is C11H13N5OS. The number of nitrogens with two attached hydrogens (primary N) is 1. The second kappa shape index (κ2) is 6.18. The maximum absolute atomic E-state index is 11.8. The van der Waals surface area contributed by atoms with Gasteiger partial charge in [-0.2, -0.15) is 10.2 Å². The van der Waals surface area contributed by atoms with Gasteiger partial charge >= 0.3 is 0 Å². The third kappa shape index (κ3) is 3.31. The summed E-state index contributed by atoms with van der Waals surface area (Å²) in [6, 6.07) is 3.57. The van der Waals surface area contributed by atoms with Crippen LogP contribution in [0.1, 0.15) is 21.2 Å². The minimum absolute atomic E-state index is 0.208. The molecular weight excluding hydrogens is 250 g/mol. The number of aromatic nitrogens is 3. The zero-order chi connectivity index (χ0) is 12.8. The van der Waals surface area contributed by atoms with Crippen molar-refractivity contribution >= 4 is 17.2 Å². The molecule has 0 radical (unpaired) electrons. The van der Waals surface area contributed by atoms with Crippen LogP contribution in [0.2, 0.25) is 0 Å². The molecule has 0 aromatic carbocycles. The van der Waals surface area contributed by atoms with Gasteiger partial charge in [-0.25, -0.2) is 4.98 Å². The van der Waals surface area contributed by atoms with Crippen LogP contribution in [0.15, 0.2) is 23.7 Å². The zero-order valence-electron chi connectivity index (χ0n) is 9.67. The van der Waals surface area contributed by atoms with Gasteiger partial charge in [-0.05, 0) is 18.7 Å². The van der Waals surface area contributed by atoms with Crippen molar-refractivity contribution in [2.45, 2.75) is 13.0 Å². The number of carbonyl (C=O) groups is 1. The lowest BCUT2D eigenvalue weighted by Gasteiger charge is -2.01. The number of amides is 1. The Morgan fingerprint density at radius 2 is 2.39 bits per heavy atom. The van der Waals surface area contributed by atoms with Crippen LogP contribution in [0.3, 0.4) is 0 Å². The summed E-state index contributed by atoms with van der Waals surface area (Å²) in [4.78, 5) is 16.0. The van der Waals surface area contributed by atoms with Crippen molar-refractivity contribution in [2.75, 3.05) is 6.54 Å². The van der Waals surface area contributed by atoms with Crippen molar-refractivity contribution in [1.29, 1.82) is 0 Å². The molecule has 0 saturated heterocycles. The van der Waals surface area contributed by atoms with Gasteiger partial charge in [0, 0.05) is 18.0 Å². The Hall–Kier alpha value is -1.86. The first kappa shape index (κ1) is 12.6. The van der Waals surface area contributed by atoms with E-state index >= 15 is 0 Å². The molecule has 94 valence electrons. The smallest absolute Gasteiger partial charge is 0.271 e. The Balaban J connectivity index is 1.91. The topological polar surface area (TPSA) is 93.8 Å². The highest BCUT2D eigenvalue weighted by molar-refractivity contribution is 7.09. The fourth-order valence-corrected chi connectivity index (χ4v) is 2.14. The van der Waals surface area contributed by atoms with Crippen molar-refractivity contribution < 1.29 is 4.79 Å². The Morgan fingerprint density at radius 1 is 1.50 bits per heavy atom. The first-order valence-electron chi connectivity index (χ1n) is 5.49. The van der Waals surface area contributed by atoms with Crippen molar-refractivity contribution in [3.63, 3.8) is 0 Å². The zero-order valence-corrected chi connectivity index (χ0v) is 10.5. The monoisotopic (exact) mass is 263 g/mol. The van der Waals surface area contributed by atoms with Gasteiger partial charge in [0.25, 0.3) is 5.91 Å².